The number of rotatable bonds is 3. The van der Waals surface area contributed by atoms with Crippen molar-refractivity contribution in [1.82, 2.24) is 4.98 Å². The predicted molar refractivity (Wildman–Crippen MR) is 78.6 cm³/mol. The molecule has 0 atom stereocenters. The Morgan fingerprint density at radius 2 is 2.00 bits per heavy atom. The van der Waals surface area contributed by atoms with Gasteiger partial charge in [-0.25, -0.2) is 13.4 Å². The average molecular weight is 375 g/mol. The van der Waals surface area contributed by atoms with Crippen molar-refractivity contribution in [3.8, 4) is 0 Å². The minimum atomic E-state index is -3.70. The van der Waals surface area contributed by atoms with Gasteiger partial charge in [0.1, 0.15) is 10.7 Å². The van der Waals surface area contributed by atoms with Gasteiger partial charge in [0.05, 0.1) is 0 Å². The largest absolute Gasteiger partial charge is 0.383 e. The van der Waals surface area contributed by atoms with Crippen LogP contribution in [0.2, 0.25) is 0 Å². The van der Waals surface area contributed by atoms with E-state index in [0.717, 1.165) is 3.57 Å². The number of aromatic nitrogens is 1. The van der Waals surface area contributed by atoms with Gasteiger partial charge in [0.15, 0.2) is 0 Å². The number of hydrogen-bond donors (Lipinski definition) is 2. The molecular weight excluding hydrogens is 365 g/mol. The van der Waals surface area contributed by atoms with Crippen molar-refractivity contribution in [1.29, 1.82) is 0 Å². The van der Waals surface area contributed by atoms with Gasteiger partial charge in [0.25, 0.3) is 10.0 Å². The highest BCUT2D eigenvalue weighted by atomic mass is 127. The van der Waals surface area contributed by atoms with Gasteiger partial charge in [0, 0.05) is 15.5 Å². The number of anilines is 2. The molecule has 94 valence electrons. The number of benzene rings is 1. The van der Waals surface area contributed by atoms with Crippen molar-refractivity contribution in [2.24, 2.45) is 0 Å². The second kappa shape index (κ2) is 5.11. The molecule has 1 heterocycles. The summed E-state index contributed by atoms with van der Waals surface area (Å²) in [5, 5.41) is 0. The molecular formula is C11H10IN3O2S. The van der Waals surface area contributed by atoms with E-state index in [4.69, 9.17) is 5.73 Å². The molecule has 0 saturated heterocycles. The summed E-state index contributed by atoms with van der Waals surface area (Å²) in [7, 11) is -3.70. The fourth-order valence-corrected chi connectivity index (χ4v) is 3.07. The SMILES string of the molecule is Nc1ncccc1S(=O)(=O)Nc1cccc(I)c1. The van der Waals surface area contributed by atoms with Crippen LogP contribution in [0.1, 0.15) is 0 Å². The van der Waals surface area contributed by atoms with E-state index in [1.807, 2.05) is 6.07 Å². The van der Waals surface area contributed by atoms with Crippen molar-refractivity contribution in [2.45, 2.75) is 4.90 Å². The summed E-state index contributed by atoms with van der Waals surface area (Å²) in [6.45, 7) is 0. The second-order valence-electron chi connectivity index (χ2n) is 3.50. The summed E-state index contributed by atoms with van der Waals surface area (Å²) in [4.78, 5) is 3.74. The summed E-state index contributed by atoms with van der Waals surface area (Å²) in [5.74, 6) is -0.0179. The molecule has 2 rings (SSSR count). The maximum absolute atomic E-state index is 12.1. The molecule has 7 heteroatoms. The Hall–Kier alpha value is -1.35. The molecule has 0 amide bonds. The number of nitrogen functional groups attached to an aromatic ring is 1. The van der Waals surface area contributed by atoms with Crippen LogP contribution >= 0.6 is 22.6 Å². The molecule has 0 bridgehead atoms. The molecule has 0 fully saturated rings. The third-order valence-corrected chi connectivity index (χ3v) is 4.27. The van der Waals surface area contributed by atoms with Crippen molar-refractivity contribution in [2.75, 3.05) is 10.5 Å². The number of nitrogens with zero attached hydrogens (tertiary/aromatic N) is 1. The van der Waals surface area contributed by atoms with Crippen molar-refractivity contribution >= 4 is 44.1 Å². The minimum absolute atomic E-state index is 0.0179. The van der Waals surface area contributed by atoms with Gasteiger partial charge in [0.2, 0.25) is 0 Å². The molecule has 0 aliphatic rings. The monoisotopic (exact) mass is 375 g/mol. The summed E-state index contributed by atoms with van der Waals surface area (Å²) in [6, 6.07) is 9.98. The molecule has 5 nitrogen and oxygen atoms in total. The number of hydrogen-bond acceptors (Lipinski definition) is 4. The molecule has 3 N–H and O–H groups in total. The highest BCUT2D eigenvalue weighted by Crippen LogP contribution is 2.20. The van der Waals surface area contributed by atoms with E-state index in [-0.39, 0.29) is 10.7 Å². The summed E-state index contributed by atoms with van der Waals surface area (Å²) in [6.07, 6.45) is 1.44. The lowest BCUT2D eigenvalue weighted by molar-refractivity contribution is 0.601. The van der Waals surface area contributed by atoms with Crippen LogP contribution in [0, 0.1) is 3.57 Å². The first-order valence-electron chi connectivity index (χ1n) is 4.98. The van der Waals surface area contributed by atoms with Crippen LogP contribution in [0.5, 0.6) is 0 Å². The van der Waals surface area contributed by atoms with Gasteiger partial charge >= 0.3 is 0 Å². The van der Waals surface area contributed by atoms with E-state index in [1.54, 1.807) is 18.2 Å². The quantitative estimate of drug-likeness (QED) is 0.805. The van der Waals surface area contributed by atoms with Gasteiger partial charge in [-0.3, -0.25) is 4.72 Å². The Balaban J connectivity index is 2.37. The van der Waals surface area contributed by atoms with Crippen LogP contribution in [0.25, 0.3) is 0 Å². The highest BCUT2D eigenvalue weighted by molar-refractivity contribution is 14.1. The molecule has 0 spiro atoms. The van der Waals surface area contributed by atoms with E-state index in [9.17, 15) is 8.42 Å². The van der Waals surface area contributed by atoms with Crippen molar-refractivity contribution in [3.63, 3.8) is 0 Å². The number of sulfonamides is 1. The van der Waals surface area contributed by atoms with Crippen molar-refractivity contribution in [3.05, 3.63) is 46.2 Å². The van der Waals surface area contributed by atoms with Gasteiger partial charge < -0.3 is 5.73 Å². The summed E-state index contributed by atoms with van der Waals surface area (Å²) >= 11 is 2.11. The first-order valence-corrected chi connectivity index (χ1v) is 7.54. The zero-order valence-corrected chi connectivity index (χ0v) is 12.1. The van der Waals surface area contributed by atoms with E-state index < -0.39 is 10.0 Å². The Morgan fingerprint density at radius 1 is 1.22 bits per heavy atom. The lowest BCUT2D eigenvalue weighted by atomic mass is 10.3. The molecule has 0 radical (unpaired) electrons. The van der Waals surface area contributed by atoms with E-state index >= 15 is 0 Å². The van der Waals surface area contributed by atoms with Crippen LogP contribution in [0.3, 0.4) is 0 Å². The molecule has 0 aliphatic heterocycles. The lowest BCUT2D eigenvalue weighted by Gasteiger charge is -2.09. The topological polar surface area (TPSA) is 85.1 Å². The summed E-state index contributed by atoms with van der Waals surface area (Å²) in [5.41, 5.74) is 6.05. The van der Waals surface area contributed by atoms with Crippen LogP contribution in [0.15, 0.2) is 47.5 Å². The van der Waals surface area contributed by atoms with Crippen LogP contribution in [-0.2, 0) is 10.0 Å². The van der Waals surface area contributed by atoms with E-state index in [1.165, 1.54) is 18.3 Å². The third-order valence-electron chi connectivity index (χ3n) is 2.17. The fraction of sp³-hybridized carbons (Fsp3) is 0. The van der Waals surface area contributed by atoms with Crippen LogP contribution < -0.4 is 10.5 Å². The Bertz CT molecular complexity index is 673. The molecule has 18 heavy (non-hydrogen) atoms. The molecule has 1 aromatic carbocycles. The lowest BCUT2D eigenvalue weighted by Crippen LogP contribution is -2.15. The molecule has 0 saturated carbocycles. The first kappa shape index (κ1) is 13.1. The molecule has 1 aromatic heterocycles. The maximum Gasteiger partial charge on any atom is 0.265 e. The number of nitrogens with one attached hydrogen (secondary N) is 1. The van der Waals surface area contributed by atoms with Gasteiger partial charge in [-0.2, -0.15) is 0 Å². The second-order valence-corrected chi connectivity index (χ2v) is 6.40. The molecule has 2 aromatic rings. The number of halogens is 1. The minimum Gasteiger partial charge on any atom is -0.383 e. The number of nitrogens with two attached hydrogens (primary N) is 1. The third kappa shape index (κ3) is 2.91. The van der Waals surface area contributed by atoms with Crippen LogP contribution in [0.4, 0.5) is 11.5 Å². The van der Waals surface area contributed by atoms with Gasteiger partial charge in [-0.05, 0) is 52.9 Å². The Morgan fingerprint density at radius 3 is 2.67 bits per heavy atom. The molecule has 0 unspecified atom stereocenters. The van der Waals surface area contributed by atoms with Gasteiger partial charge in [-0.1, -0.05) is 6.07 Å². The molecule has 0 aliphatic carbocycles. The maximum atomic E-state index is 12.1. The smallest absolute Gasteiger partial charge is 0.265 e. The zero-order chi connectivity index (χ0) is 13.2. The average Bonchev–Trinajstić information content (AvgIpc) is 2.28. The highest BCUT2D eigenvalue weighted by Gasteiger charge is 2.17. The van der Waals surface area contributed by atoms with E-state index in [2.05, 4.69) is 32.3 Å². The van der Waals surface area contributed by atoms with E-state index in [0.29, 0.717) is 5.69 Å². The normalized spacial score (nSPS) is 11.2. The summed E-state index contributed by atoms with van der Waals surface area (Å²) < 4.78 is 27.6. The van der Waals surface area contributed by atoms with Crippen molar-refractivity contribution < 1.29 is 8.42 Å². The first-order chi connectivity index (χ1) is 8.49. The van der Waals surface area contributed by atoms with Crippen LogP contribution in [-0.4, -0.2) is 13.4 Å². The predicted octanol–water partition coefficient (Wildman–Crippen LogP) is 2.07. The van der Waals surface area contributed by atoms with Gasteiger partial charge in [-0.15, -0.1) is 0 Å². The number of pyridine rings is 1. The fourth-order valence-electron chi connectivity index (χ4n) is 1.39. The standard InChI is InChI=1S/C11H10IN3O2S/c12-8-3-1-4-9(7-8)15-18(16,17)10-5-2-6-14-11(10)13/h1-7,15H,(H2,13,14). The zero-order valence-electron chi connectivity index (χ0n) is 9.17. The Kier molecular flexibility index (Phi) is 3.71. The Labute approximate surface area is 119 Å².